The molecule has 0 aromatic heterocycles. The van der Waals surface area contributed by atoms with E-state index in [2.05, 4.69) is 10.6 Å². The highest BCUT2D eigenvalue weighted by Gasteiger charge is 2.19. The highest BCUT2D eigenvalue weighted by Crippen LogP contribution is 1.99. The van der Waals surface area contributed by atoms with Crippen molar-refractivity contribution < 1.29 is 19.5 Å². The van der Waals surface area contributed by atoms with Gasteiger partial charge in [-0.05, 0) is 20.3 Å². The van der Waals surface area contributed by atoms with Crippen molar-refractivity contribution in [1.29, 1.82) is 0 Å². The fourth-order valence-corrected chi connectivity index (χ4v) is 1.31. The molecule has 0 aliphatic rings. The van der Waals surface area contributed by atoms with Gasteiger partial charge in [0.1, 0.15) is 12.1 Å². The number of carboxylic acids is 1. The van der Waals surface area contributed by atoms with E-state index in [1.54, 1.807) is 0 Å². The molecule has 0 heterocycles. The van der Waals surface area contributed by atoms with Crippen molar-refractivity contribution in [2.45, 2.75) is 58.5 Å². The molecule has 6 heteroatoms. The Morgan fingerprint density at radius 2 is 1.67 bits per heavy atom. The summed E-state index contributed by atoms with van der Waals surface area (Å²) in [5, 5.41) is 13.5. The van der Waals surface area contributed by atoms with Crippen molar-refractivity contribution in [3.63, 3.8) is 0 Å². The molecule has 0 rings (SSSR count). The molecule has 0 bridgehead atoms. The summed E-state index contributed by atoms with van der Waals surface area (Å²) in [6, 6.07) is -1.68. The average Bonchev–Trinajstić information content (AvgIpc) is 2.28. The third kappa shape index (κ3) is 6.88. The molecule has 18 heavy (non-hydrogen) atoms. The molecule has 0 spiro atoms. The third-order valence-electron chi connectivity index (χ3n) is 2.51. The lowest BCUT2D eigenvalue weighted by molar-refractivity contribution is -0.141. The maximum Gasteiger partial charge on any atom is 0.325 e. The zero-order valence-electron chi connectivity index (χ0n) is 11.2. The summed E-state index contributed by atoms with van der Waals surface area (Å²) < 4.78 is 0. The van der Waals surface area contributed by atoms with Crippen LogP contribution in [-0.2, 0) is 14.4 Å². The van der Waals surface area contributed by atoms with Gasteiger partial charge in [0.25, 0.3) is 0 Å². The first kappa shape index (κ1) is 16.4. The smallest absolute Gasteiger partial charge is 0.325 e. The number of hydrogen-bond acceptors (Lipinski definition) is 3. The number of hydrogen-bond donors (Lipinski definition) is 3. The second kappa shape index (κ2) is 8.49. The van der Waals surface area contributed by atoms with Crippen molar-refractivity contribution >= 4 is 17.8 Å². The van der Waals surface area contributed by atoms with Crippen molar-refractivity contribution in [2.24, 2.45) is 0 Å². The Morgan fingerprint density at radius 1 is 1.06 bits per heavy atom. The molecule has 0 radical (unpaired) electrons. The van der Waals surface area contributed by atoms with Crippen molar-refractivity contribution in [2.75, 3.05) is 0 Å². The SMILES string of the molecule is CCCCCC(=O)NC(C)C(=O)NC(C)C(=O)O. The summed E-state index contributed by atoms with van der Waals surface area (Å²) in [6.07, 6.45) is 3.19. The number of unbranched alkanes of at least 4 members (excludes halogenated alkanes) is 2. The molecule has 2 atom stereocenters. The summed E-state index contributed by atoms with van der Waals surface area (Å²) in [7, 11) is 0. The van der Waals surface area contributed by atoms with Gasteiger partial charge in [0.15, 0.2) is 0 Å². The van der Waals surface area contributed by atoms with Crippen LogP contribution in [-0.4, -0.2) is 35.0 Å². The lowest BCUT2D eigenvalue weighted by Gasteiger charge is -2.16. The fraction of sp³-hybridized carbons (Fsp3) is 0.750. The van der Waals surface area contributed by atoms with E-state index in [0.717, 1.165) is 19.3 Å². The molecule has 2 amide bonds. The topological polar surface area (TPSA) is 95.5 Å². The first-order chi connectivity index (χ1) is 8.38. The maximum absolute atomic E-state index is 11.5. The zero-order valence-corrected chi connectivity index (χ0v) is 11.2. The molecular weight excluding hydrogens is 236 g/mol. The van der Waals surface area contributed by atoms with E-state index < -0.39 is 24.0 Å². The van der Waals surface area contributed by atoms with Crippen molar-refractivity contribution in [1.82, 2.24) is 10.6 Å². The van der Waals surface area contributed by atoms with Crippen LogP contribution in [0.4, 0.5) is 0 Å². The number of carbonyl (C=O) groups excluding carboxylic acids is 2. The highest BCUT2D eigenvalue weighted by atomic mass is 16.4. The molecule has 0 saturated carbocycles. The Morgan fingerprint density at radius 3 is 2.17 bits per heavy atom. The van der Waals surface area contributed by atoms with E-state index in [-0.39, 0.29) is 5.91 Å². The lowest BCUT2D eigenvalue weighted by atomic mass is 10.2. The highest BCUT2D eigenvalue weighted by molar-refractivity contribution is 5.89. The molecule has 0 aliphatic heterocycles. The summed E-state index contributed by atoms with van der Waals surface area (Å²) in [6.45, 7) is 4.94. The van der Waals surface area contributed by atoms with Crippen LogP contribution in [0.15, 0.2) is 0 Å². The first-order valence-corrected chi connectivity index (χ1v) is 6.21. The number of rotatable bonds is 8. The van der Waals surface area contributed by atoms with Crippen LogP contribution in [0, 0.1) is 0 Å². The molecular formula is C12H22N2O4. The van der Waals surface area contributed by atoms with Gasteiger partial charge in [-0.25, -0.2) is 0 Å². The van der Waals surface area contributed by atoms with Gasteiger partial charge in [0.2, 0.25) is 11.8 Å². The second-order valence-electron chi connectivity index (χ2n) is 4.31. The second-order valence-corrected chi connectivity index (χ2v) is 4.31. The van der Waals surface area contributed by atoms with E-state index >= 15 is 0 Å². The maximum atomic E-state index is 11.5. The molecule has 0 fully saturated rings. The standard InChI is InChI=1S/C12H22N2O4/c1-4-5-6-7-10(15)13-8(2)11(16)14-9(3)12(17)18/h8-9H,4-7H2,1-3H3,(H,13,15)(H,14,16)(H,17,18). The van der Waals surface area contributed by atoms with Gasteiger partial charge >= 0.3 is 5.97 Å². The van der Waals surface area contributed by atoms with Gasteiger partial charge in [-0.2, -0.15) is 0 Å². The normalized spacial score (nSPS) is 13.5. The molecule has 2 unspecified atom stereocenters. The molecule has 0 saturated heterocycles. The van der Waals surface area contributed by atoms with Crippen LogP contribution in [0.25, 0.3) is 0 Å². The molecule has 104 valence electrons. The van der Waals surface area contributed by atoms with Crippen molar-refractivity contribution in [3.8, 4) is 0 Å². The predicted octanol–water partition coefficient (Wildman–Crippen LogP) is 0.661. The third-order valence-corrected chi connectivity index (χ3v) is 2.51. The van der Waals surface area contributed by atoms with E-state index in [0.29, 0.717) is 6.42 Å². The van der Waals surface area contributed by atoms with Gasteiger partial charge < -0.3 is 15.7 Å². The zero-order chi connectivity index (χ0) is 14.1. The van der Waals surface area contributed by atoms with Crippen LogP contribution in [0.3, 0.4) is 0 Å². The number of carboxylic acid groups (broad SMARTS) is 1. The van der Waals surface area contributed by atoms with E-state index in [1.807, 2.05) is 6.92 Å². The monoisotopic (exact) mass is 258 g/mol. The molecule has 0 aliphatic carbocycles. The van der Waals surface area contributed by atoms with E-state index in [1.165, 1.54) is 13.8 Å². The molecule has 3 N–H and O–H groups in total. The summed E-state index contributed by atoms with van der Waals surface area (Å²) >= 11 is 0. The Labute approximate surface area is 107 Å². The minimum Gasteiger partial charge on any atom is -0.480 e. The van der Waals surface area contributed by atoms with Gasteiger partial charge in [0, 0.05) is 6.42 Å². The summed E-state index contributed by atoms with van der Waals surface area (Å²) in [5.41, 5.74) is 0. The minimum atomic E-state index is -1.11. The molecule has 0 aromatic carbocycles. The average molecular weight is 258 g/mol. The number of amides is 2. The minimum absolute atomic E-state index is 0.186. The number of aliphatic carboxylic acids is 1. The van der Waals surface area contributed by atoms with Crippen LogP contribution < -0.4 is 10.6 Å². The van der Waals surface area contributed by atoms with Crippen LogP contribution in [0.2, 0.25) is 0 Å². The van der Waals surface area contributed by atoms with E-state index in [9.17, 15) is 14.4 Å². The van der Waals surface area contributed by atoms with E-state index in [4.69, 9.17) is 5.11 Å². The quantitative estimate of drug-likeness (QED) is 0.557. The Kier molecular flexibility index (Phi) is 7.74. The summed E-state index contributed by atoms with van der Waals surface area (Å²) in [4.78, 5) is 33.5. The van der Waals surface area contributed by atoms with Gasteiger partial charge in [-0.3, -0.25) is 14.4 Å². The molecule has 0 aromatic rings. The van der Waals surface area contributed by atoms with Crippen LogP contribution >= 0.6 is 0 Å². The molecule has 6 nitrogen and oxygen atoms in total. The van der Waals surface area contributed by atoms with Crippen LogP contribution in [0.1, 0.15) is 46.5 Å². The van der Waals surface area contributed by atoms with Gasteiger partial charge in [-0.15, -0.1) is 0 Å². The Bertz CT molecular complexity index is 304. The van der Waals surface area contributed by atoms with Gasteiger partial charge in [0.05, 0.1) is 0 Å². The van der Waals surface area contributed by atoms with Gasteiger partial charge in [-0.1, -0.05) is 19.8 Å². The largest absolute Gasteiger partial charge is 0.480 e. The predicted molar refractivity (Wildman–Crippen MR) is 67.0 cm³/mol. The number of carbonyl (C=O) groups is 3. The fourth-order valence-electron chi connectivity index (χ4n) is 1.31. The Balaban J connectivity index is 4.00. The first-order valence-electron chi connectivity index (χ1n) is 6.21. The lowest BCUT2D eigenvalue weighted by Crippen LogP contribution is -2.49. The summed E-state index contributed by atoms with van der Waals surface area (Å²) in [5.74, 6) is -1.78. The number of nitrogens with one attached hydrogen (secondary N) is 2. The van der Waals surface area contributed by atoms with Crippen molar-refractivity contribution in [3.05, 3.63) is 0 Å². The van der Waals surface area contributed by atoms with Crippen LogP contribution in [0.5, 0.6) is 0 Å². The Hall–Kier alpha value is -1.59.